The predicted molar refractivity (Wildman–Crippen MR) is 102 cm³/mol. The summed E-state index contributed by atoms with van der Waals surface area (Å²) in [4.78, 5) is 12.9. The SMILES string of the molecule is CCc1ccc(Nc2nc(N)c3ncn([C@@H]4O[C@H](CO)C(O)C4O)c3n2)cc1. The Morgan fingerprint density at radius 1 is 1.18 bits per heavy atom. The molecule has 28 heavy (non-hydrogen) atoms. The van der Waals surface area contributed by atoms with Crippen LogP contribution < -0.4 is 11.1 Å². The summed E-state index contributed by atoms with van der Waals surface area (Å²) >= 11 is 0. The number of nitrogen functional groups attached to an aromatic ring is 1. The van der Waals surface area contributed by atoms with E-state index >= 15 is 0 Å². The minimum Gasteiger partial charge on any atom is -0.394 e. The van der Waals surface area contributed by atoms with Gasteiger partial charge < -0.3 is 31.1 Å². The number of aliphatic hydroxyl groups is 3. The molecule has 0 radical (unpaired) electrons. The van der Waals surface area contributed by atoms with Crippen molar-refractivity contribution < 1.29 is 20.1 Å². The Bertz CT molecular complexity index is 976. The van der Waals surface area contributed by atoms with Crippen LogP contribution in [0.15, 0.2) is 30.6 Å². The number of fused-ring (bicyclic) bond motifs is 1. The van der Waals surface area contributed by atoms with Gasteiger partial charge in [-0.2, -0.15) is 9.97 Å². The number of nitrogens with one attached hydrogen (secondary N) is 1. The minimum absolute atomic E-state index is 0.170. The molecule has 3 heterocycles. The first-order valence-electron chi connectivity index (χ1n) is 9.00. The Balaban J connectivity index is 1.68. The second-order valence-corrected chi connectivity index (χ2v) is 6.66. The van der Waals surface area contributed by atoms with Crippen LogP contribution in [-0.4, -0.2) is 59.8 Å². The number of aryl methyl sites for hydroxylation is 1. The summed E-state index contributed by atoms with van der Waals surface area (Å²) in [6, 6.07) is 7.86. The van der Waals surface area contributed by atoms with Gasteiger partial charge in [0.15, 0.2) is 17.7 Å². The van der Waals surface area contributed by atoms with Crippen LogP contribution in [0, 0.1) is 0 Å². The first kappa shape index (κ1) is 18.6. The Morgan fingerprint density at radius 3 is 2.57 bits per heavy atom. The molecule has 2 unspecified atom stereocenters. The number of nitrogens with two attached hydrogens (primary N) is 1. The summed E-state index contributed by atoms with van der Waals surface area (Å²) in [5, 5.41) is 32.7. The fourth-order valence-electron chi connectivity index (χ4n) is 3.24. The maximum absolute atomic E-state index is 10.3. The number of ether oxygens (including phenoxy) is 1. The lowest BCUT2D eigenvalue weighted by molar-refractivity contribution is -0.0511. The van der Waals surface area contributed by atoms with Crippen LogP contribution in [0.2, 0.25) is 0 Å². The number of nitrogens with zero attached hydrogens (tertiary/aromatic N) is 4. The lowest BCUT2D eigenvalue weighted by atomic mass is 10.1. The minimum atomic E-state index is -1.25. The Morgan fingerprint density at radius 2 is 1.93 bits per heavy atom. The molecule has 1 aliphatic heterocycles. The fraction of sp³-hybridized carbons (Fsp3) is 0.389. The summed E-state index contributed by atoms with van der Waals surface area (Å²) in [7, 11) is 0. The van der Waals surface area contributed by atoms with Crippen molar-refractivity contribution >= 4 is 28.6 Å². The lowest BCUT2D eigenvalue weighted by Crippen LogP contribution is -2.33. The molecule has 1 aliphatic rings. The molecular formula is C18H22N6O4. The van der Waals surface area contributed by atoms with Gasteiger partial charge in [0.2, 0.25) is 5.95 Å². The molecule has 6 N–H and O–H groups in total. The Kier molecular flexibility index (Phi) is 4.85. The number of imidazole rings is 1. The van der Waals surface area contributed by atoms with Crippen molar-refractivity contribution in [2.24, 2.45) is 0 Å². The summed E-state index contributed by atoms with van der Waals surface area (Å²) < 4.78 is 7.04. The highest BCUT2D eigenvalue weighted by molar-refractivity contribution is 5.83. The van der Waals surface area contributed by atoms with E-state index in [-0.39, 0.29) is 11.8 Å². The first-order valence-corrected chi connectivity index (χ1v) is 9.00. The van der Waals surface area contributed by atoms with Crippen molar-refractivity contribution in [3.63, 3.8) is 0 Å². The molecule has 0 saturated carbocycles. The summed E-state index contributed by atoms with van der Waals surface area (Å²) in [5.41, 5.74) is 8.73. The zero-order chi connectivity index (χ0) is 19.8. The molecule has 0 aliphatic carbocycles. The van der Waals surface area contributed by atoms with E-state index in [0.29, 0.717) is 11.2 Å². The van der Waals surface area contributed by atoms with Crippen molar-refractivity contribution in [3.05, 3.63) is 36.2 Å². The molecule has 4 atom stereocenters. The standard InChI is InChI=1S/C18H22N6O4/c1-2-9-3-5-10(6-4-9)21-18-22-15(19)12-16(23-18)24(8-20-12)17-14(27)13(26)11(7-25)28-17/h3-6,8,11,13-14,17,25-27H,2,7H2,1H3,(H3,19,21,22,23)/t11-,13?,14?,17-/m1/s1. The molecule has 1 saturated heterocycles. The average Bonchev–Trinajstić information content (AvgIpc) is 3.24. The molecule has 3 aromatic rings. The van der Waals surface area contributed by atoms with Crippen LogP contribution in [0.1, 0.15) is 18.7 Å². The van der Waals surface area contributed by atoms with Crippen LogP contribution in [0.25, 0.3) is 11.2 Å². The largest absolute Gasteiger partial charge is 0.394 e. The van der Waals surface area contributed by atoms with E-state index in [1.165, 1.54) is 16.5 Å². The number of aliphatic hydroxyl groups excluding tert-OH is 3. The van der Waals surface area contributed by atoms with Gasteiger partial charge >= 0.3 is 0 Å². The number of aromatic nitrogens is 4. The summed E-state index contributed by atoms with van der Waals surface area (Å²) in [6.45, 7) is 1.66. The number of hydrogen-bond donors (Lipinski definition) is 5. The van der Waals surface area contributed by atoms with E-state index in [0.717, 1.165) is 12.1 Å². The highest BCUT2D eigenvalue weighted by atomic mass is 16.6. The lowest BCUT2D eigenvalue weighted by Gasteiger charge is -2.17. The monoisotopic (exact) mass is 386 g/mol. The van der Waals surface area contributed by atoms with E-state index in [4.69, 9.17) is 10.5 Å². The van der Waals surface area contributed by atoms with Crippen LogP contribution in [0.4, 0.5) is 17.5 Å². The van der Waals surface area contributed by atoms with Gasteiger partial charge in [0.05, 0.1) is 12.9 Å². The van der Waals surface area contributed by atoms with Gasteiger partial charge in [-0.25, -0.2) is 4.98 Å². The molecule has 1 fully saturated rings. The Labute approximate surface area is 160 Å². The zero-order valence-corrected chi connectivity index (χ0v) is 15.2. The molecule has 10 heteroatoms. The van der Waals surface area contributed by atoms with E-state index in [1.54, 1.807) is 0 Å². The normalized spacial score (nSPS) is 24.7. The van der Waals surface area contributed by atoms with Gasteiger partial charge in [0.25, 0.3) is 0 Å². The van der Waals surface area contributed by atoms with Crippen molar-refractivity contribution in [3.8, 4) is 0 Å². The van der Waals surface area contributed by atoms with Crippen LogP contribution >= 0.6 is 0 Å². The molecule has 148 valence electrons. The average molecular weight is 386 g/mol. The van der Waals surface area contributed by atoms with Crippen LogP contribution in [-0.2, 0) is 11.2 Å². The first-order chi connectivity index (χ1) is 13.5. The maximum atomic E-state index is 10.3. The molecule has 0 bridgehead atoms. The van der Waals surface area contributed by atoms with Crippen LogP contribution in [0.5, 0.6) is 0 Å². The third-order valence-electron chi connectivity index (χ3n) is 4.86. The molecular weight excluding hydrogens is 364 g/mol. The summed E-state index contributed by atoms with van der Waals surface area (Å²) in [6.07, 6.45) is -1.96. The van der Waals surface area contributed by atoms with E-state index in [1.807, 2.05) is 24.3 Å². The van der Waals surface area contributed by atoms with Crippen molar-refractivity contribution in [1.29, 1.82) is 0 Å². The quantitative estimate of drug-likeness (QED) is 0.417. The third kappa shape index (κ3) is 3.16. The maximum Gasteiger partial charge on any atom is 0.231 e. The number of anilines is 3. The van der Waals surface area contributed by atoms with E-state index < -0.39 is 31.1 Å². The van der Waals surface area contributed by atoms with Gasteiger partial charge in [0.1, 0.15) is 23.8 Å². The molecule has 4 rings (SSSR count). The molecule has 1 aromatic carbocycles. The zero-order valence-electron chi connectivity index (χ0n) is 15.2. The van der Waals surface area contributed by atoms with E-state index in [2.05, 4.69) is 27.2 Å². The fourth-order valence-corrected chi connectivity index (χ4v) is 3.24. The summed E-state index contributed by atoms with van der Waals surface area (Å²) in [5.74, 6) is 0.436. The number of rotatable bonds is 5. The topological polar surface area (TPSA) is 152 Å². The number of hydrogen-bond acceptors (Lipinski definition) is 9. The Hall–Kier alpha value is -2.79. The van der Waals surface area contributed by atoms with Gasteiger partial charge in [-0.3, -0.25) is 4.57 Å². The smallest absolute Gasteiger partial charge is 0.231 e. The second-order valence-electron chi connectivity index (χ2n) is 6.66. The third-order valence-corrected chi connectivity index (χ3v) is 4.86. The van der Waals surface area contributed by atoms with Gasteiger partial charge in [-0.15, -0.1) is 0 Å². The number of benzene rings is 1. The highest BCUT2D eigenvalue weighted by Crippen LogP contribution is 2.32. The highest BCUT2D eigenvalue weighted by Gasteiger charge is 2.44. The molecule has 10 nitrogen and oxygen atoms in total. The van der Waals surface area contributed by atoms with Gasteiger partial charge in [0, 0.05) is 5.69 Å². The second kappa shape index (κ2) is 7.32. The molecule has 0 spiro atoms. The van der Waals surface area contributed by atoms with Crippen LogP contribution in [0.3, 0.4) is 0 Å². The van der Waals surface area contributed by atoms with Crippen molar-refractivity contribution in [1.82, 2.24) is 19.5 Å². The predicted octanol–water partition coefficient (Wildman–Crippen LogP) is 0.326. The molecule has 0 amide bonds. The van der Waals surface area contributed by atoms with E-state index in [9.17, 15) is 15.3 Å². The van der Waals surface area contributed by atoms with Gasteiger partial charge in [-0.05, 0) is 24.1 Å². The van der Waals surface area contributed by atoms with Gasteiger partial charge in [-0.1, -0.05) is 19.1 Å². The van der Waals surface area contributed by atoms with Crippen molar-refractivity contribution in [2.75, 3.05) is 17.7 Å². The van der Waals surface area contributed by atoms with Crippen molar-refractivity contribution in [2.45, 2.75) is 37.9 Å². The molecule has 2 aromatic heterocycles.